The van der Waals surface area contributed by atoms with Crippen LogP contribution in [0.15, 0.2) is 53.6 Å². The van der Waals surface area contributed by atoms with E-state index < -0.39 is 23.5 Å². The number of carbonyl (C=O) groups excluding carboxylic acids is 3. The van der Waals surface area contributed by atoms with Crippen molar-refractivity contribution in [2.45, 2.75) is 19.6 Å². The number of nitrogens with one attached hydrogen (secondary N) is 1. The number of hydrazone groups is 1. The first-order valence-corrected chi connectivity index (χ1v) is 8.20. The van der Waals surface area contributed by atoms with Gasteiger partial charge < -0.3 is 14.8 Å². The monoisotopic (exact) mass is 365 g/mol. The number of para-hydroxylation sites is 1. The van der Waals surface area contributed by atoms with E-state index in [0.717, 1.165) is 5.01 Å². The van der Waals surface area contributed by atoms with Crippen LogP contribution >= 0.6 is 0 Å². The molecule has 8 nitrogen and oxygen atoms in total. The van der Waals surface area contributed by atoms with Gasteiger partial charge in [-0.25, -0.2) is 0 Å². The summed E-state index contributed by atoms with van der Waals surface area (Å²) in [5, 5.41) is 8.02. The Morgan fingerprint density at radius 2 is 1.81 bits per heavy atom. The summed E-state index contributed by atoms with van der Waals surface area (Å²) >= 11 is 0. The summed E-state index contributed by atoms with van der Waals surface area (Å²) < 4.78 is 11.0. The van der Waals surface area contributed by atoms with Crippen LogP contribution < -0.4 is 10.1 Å². The largest absolute Gasteiger partial charge is 0.433 e. The standard InChI is InChI=1S/C19H15N3O5/c1-11(23)22-19(15-5-3-4-6-16(15)20-18(19)25)27-17(21-22)13-7-9-14(10-8-13)26-12(2)24/h3-10H,1-2H3,(H,20,25). The molecule has 0 aliphatic carbocycles. The summed E-state index contributed by atoms with van der Waals surface area (Å²) in [4.78, 5) is 36.0. The maximum absolute atomic E-state index is 12.8. The molecule has 2 aromatic rings. The summed E-state index contributed by atoms with van der Waals surface area (Å²) in [6.07, 6.45) is 0. The summed E-state index contributed by atoms with van der Waals surface area (Å²) in [6, 6.07) is 13.4. The number of hydrogen-bond acceptors (Lipinski definition) is 6. The van der Waals surface area contributed by atoms with Crippen molar-refractivity contribution < 1.29 is 23.9 Å². The zero-order valence-electron chi connectivity index (χ0n) is 14.6. The summed E-state index contributed by atoms with van der Waals surface area (Å²) in [6.45, 7) is 2.62. The Bertz CT molecular complexity index is 999. The topological polar surface area (TPSA) is 97.3 Å². The lowest BCUT2D eigenvalue weighted by molar-refractivity contribution is -0.160. The average molecular weight is 365 g/mol. The van der Waals surface area contributed by atoms with Crippen LogP contribution in [-0.4, -0.2) is 28.7 Å². The van der Waals surface area contributed by atoms with Crippen molar-refractivity contribution >= 4 is 29.4 Å². The molecule has 1 atom stereocenters. The number of fused-ring (bicyclic) bond motifs is 2. The van der Waals surface area contributed by atoms with Gasteiger partial charge in [0.25, 0.3) is 5.91 Å². The normalized spacial score (nSPS) is 20.0. The number of carbonyl (C=O) groups is 3. The van der Waals surface area contributed by atoms with Crippen molar-refractivity contribution in [3.8, 4) is 5.75 Å². The zero-order valence-corrected chi connectivity index (χ0v) is 14.6. The maximum Gasteiger partial charge on any atom is 0.314 e. The fourth-order valence-corrected chi connectivity index (χ4v) is 3.13. The highest BCUT2D eigenvalue weighted by atomic mass is 16.6. The van der Waals surface area contributed by atoms with E-state index in [4.69, 9.17) is 9.47 Å². The second-order valence-corrected chi connectivity index (χ2v) is 6.10. The first-order chi connectivity index (χ1) is 12.9. The Morgan fingerprint density at radius 1 is 1.11 bits per heavy atom. The SMILES string of the molecule is CC(=O)Oc1ccc(C2=NN(C(C)=O)C3(O2)C(=O)Nc2ccccc23)cc1. The molecular weight excluding hydrogens is 350 g/mol. The summed E-state index contributed by atoms with van der Waals surface area (Å²) in [5.74, 6) is -0.876. The molecule has 0 saturated heterocycles. The molecule has 136 valence electrons. The fraction of sp³-hybridized carbons (Fsp3) is 0.158. The maximum atomic E-state index is 12.8. The molecule has 1 unspecified atom stereocenters. The second kappa shape index (κ2) is 5.94. The van der Waals surface area contributed by atoms with Crippen LogP contribution in [0.5, 0.6) is 5.75 Å². The van der Waals surface area contributed by atoms with E-state index >= 15 is 0 Å². The highest BCUT2D eigenvalue weighted by molar-refractivity contribution is 6.10. The minimum absolute atomic E-state index is 0.117. The highest BCUT2D eigenvalue weighted by Gasteiger charge is 2.59. The van der Waals surface area contributed by atoms with Gasteiger partial charge in [-0.2, -0.15) is 5.01 Å². The van der Waals surface area contributed by atoms with E-state index in [-0.39, 0.29) is 5.90 Å². The van der Waals surface area contributed by atoms with Gasteiger partial charge in [0.2, 0.25) is 11.8 Å². The number of nitrogens with zero attached hydrogens (tertiary/aromatic N) is 2. The summed E-state index contributed by atoms with van der Waals surface area (Å²) in [7, 11) is 0. The lowest BCUT2D eigenvalue weighted by atomic mass is 10.0. The van der Waals surface area contributed by atoms with Gasteiger partial charge in [0.1, 0.15) is 5.75 Å². The van der Waals surface area contributed by atoms with Crippen LogP contribution in [0.25, 0.3) is 0 Å². The Hall–Kier alpha value is -3.68. The molecule has 8 heteroatoms. The molecule has 27 heavy (non-hydrogen) atoms. The van der Waals surface area contributed by atoms with Gasteiger partial charge in [0.15, 0.2) is 0 Å². The molecule has 0 saturated carbocycles. The lowest BCUT2D eigenvalue weighted by Crippen LogP contribution is -2.49. The molecule has 2 aliphatic rings. The van der Waals surface area contributed by atoms with E-state index in [1.54, 1.807) is 48.5 Å². The molecule has 1 N–H and O–H groups in total. The van der Waals surface area contributed by atoms with Crippen molar-refractivity contribution in [2.24, 2.45) is 5.10 Å². The number of esters is 1. The van der Waals surface area contributed by atoms with E-state index in [1.807, 2.05) is 0 Å². The molecule has 0 radical (unpaired) electrons. The van der Waals surface area contributed by atoms with E-state index in [1.165, 1.54) is 13.8 Å². The molecule has 2 aromatic carbocycles. The van der Waals surface area contributed by atoms with Crippen LogP contribution in [0.2, 0.25) is 0 Å². The first kappa shape index (κ1) is 16.8. The fourth-order valence-electron chi connectivity index (χ4n) is 3.13. The number of rotatable bonds is 2. The molecule has 1 spiro atoms. The quantitative estimate of drug-likeness (QED) is 0.648. The minimum atomic E-state index is -1.67. The van der Waals surface area contributed by atoms with Gasteiger partial charge in [-0.1, -0.05) is 18.2 Å². The van der Waals surface area contributed by atoms with E-state index in [2.05, 4.69) is 10.4 Å². The van der Waals surface area contributed by atoms with Gasteiger partial charge in [-0.15, -0.1) is 5.10 Å². The van der Waals surface area contributed by atoms with Gasteiger partial charge >= 0.3 is 11.7 Å². The molecule has 2 heterocycles. The average Bonchev–Trinajstić information content (AvgIpc) is 3.16. The highest BCUT2D eigenvalue weighted by Crippen LogP contribution is 2.45. The van der Waals surface area contributed by atoms with Gasteiger partial charge in [0, 0.05) is 19.4 Å². The van der Waals surface area contributed by atoms with Crippen LogP contribution in [0.3, 0.4) is 0 Å². The molecule has 2 amide bonds. The van der Waals surface area contributed by atoms with Crippen LogP contribution in [0, 0.1) is 0 Å². The van der Waals surface area contributed by atoms with Crippen LogP contribution in [-0.2, 0) is 24.8 Å². The predicted octanol–water partition coefficient (Wildman–Crippen LogP) is 1.96. The molecule has 0 bridgehead atoms. The minimum Gasteiger partial charge on any atom is -0.433 e. The van der Waals surface area contributed by atoms with Crippen LogP contribution in [0.4, 0.5) is 5.69 Å². The van der Waals surface area contributed by atoms with Crippen molar-refractivity contribution in [1.82, 2.24) is 5.01 Å². The number of hydrogen-bond donors (Lipinski definition) is 1. The first-order valence-electron chi connectivity index (χ1n) is 8.20. The summed E-state index contributed by atoms with van der Waals surface area (Å²) in [5.41, 5.74) is -0.0612. The van der Waals surface area contributed by atoms with Crippen molar-refractivity contribution in [2.75, 3.05) is 5.32 Å². The molecule has 2 aliphatic heterocycles. The predicted molar refractivity (Wildman–Crippen MR) is 94.6 cm³/mol. The molecule has 0 aromatic heterocycles. The zero-order chi connectivity index (χ0) is 19.2. The number of anilines is 1. The Kier molecular flexibility index (Phi) is 3.69. The van der Waals surface area contributed by atoms with Gasteiger partial charge in [-0.05, 0) is 30.3 Å². The molecular formula is C19H15N3O5. The second-order valence-electron chi connectivity index (χ2n) is 6.10. The van der Waals surface area contributed by atoms with Crippen molar-refractivity contribution in [1.29, 1.82) is 0 Å². The Morgan fingerprint density at radius 3 is 2.48 bits per heavy atom. The third-order valence-corrected chi connectivity index (χ3v) is 4.24. The Balaban J connectivity index is 1.74. The third-order valence-electron chi connectivity index (χ3n) is 4.24. The number of ether oxygens (including phenoxy) is 2. The van der Waals surface area contributed by atoms with E-state index in [9.17, 15) is 14.4 Å². The lowest BCUT2D eigenvalue weighted by Gasteiger charge is -2.28. The van der Waals surface area contributed by atoms with Gasteiger partial charge in [0.05, 0.1) is 11.3 Å². The number of amides is 2. The molecule has 4 rings (SSSR count). The van der Waals surface area contributed by atoms with Crippen molar-refractivity contribution in [3.63, 3.8) is 0 Å². The van der Waals surface area contributed by atoms with E-state index in [0.29, 0.717) is 22.6 Å². The third kappa shape index (κ3) is 2.53. The van der Waals surface area contributed by atoms with Gasteiger partial charge in [-0.3, -0.25) is 14.4 Å². The smallest absolute Gasteiger partial charge is 0.314 e. The number of benzene rings is 2. The van der Waals surface area contributed by atoms with Crippen LogP contribution in [0.1, 0.15) is 25.0 Å². The Labute approximate surface area is 154 Å². The molecule has 0 fully saturated rings. The van der Waals surface area contributed by atoms with Crippen molar-refractivity contribution in [3.05, 3.63) is 59.7 Å².